The number of fused-ring (bicyclic) bond motifs is 2. The van der Waals surface area contributed by atoms with Crippen LogP contribution in [0.25, 0.3) is 39.0 Å². The number of nitrogens with two attached hydrogens (primary N) is 1. The minimum atomic E-state index is -0.461. The first-order chi connectivity index (χ1) is 25.6. The molecule has 0 unspecified atom stereocenters. The van der Waals surface area contributed by atoms with Gasteiger partial charge in [-0.2, -0.15) is 10.1 Å². The van der Waals surface area contributed by atoms with Gasteiger partial charge >= 0.3 is 5.69 Å². The zero-order valence-corrected chi connectivity index (χ0v) is 29.1. The molecule has 0 saturated carbocycles. The third-order valence-corrected chi connectivity index (χ3v) is 9.24. The number of carbonyl (C=O) groups excluding carboxylic acids is 1. The van der Waals surface area contributed by atoms with Crippen LogP contribution in [0.5, 0.6) is 11.5 Å². The van der Waals surface area contributed by atoms with Gasteiger partial charge in [0.2, 0.25) is 5.95 Å². The van der Waals surface area contributed by atoms with Crippen LogP contribution in [0.4, 0.5) is 5.95 Å². The van der Waals surface area contributed by atoms with Crippen LogP contribution in [0.3, 0.4) is 0 Å². The summed E-state index contributed by atoms with van der Waals surface area (Å²) < 4.78 is 9.25. The highest BCUT2D eigenvalue weighted by molar-refractivity contribution is 5.94. The maximum Gasteiger partial charge on any atom is 0.348 e. The van der Waals surface area contributed by atoms with Gasteiger partial charge in [0, 0.05) is 48.0 Å². The van der Waals surface area contributed by atoms with Crippen molar-refractivity contribution in [1.29, 1.82) is 0 Å². The fourth-order valence-corrected chi connectivity index (χ4v) is 6.50. The monoisotopic (exact) mass is 717 g/mol. The highest BCUT2D eigenvalue weighted by Gasteiger charge is 2.20. The lowest BCUT2D eigenvalue weighted by molar-refractivity contribution is 0.0909. The summed E-state index contributed by atoms with van der Waals surface area (Å²) in [6.07, 6.45) is 5.02. The molecule has 8 N–H and O–H groups in total. The number of hydrogen-bond donors (Lipinski definition) is 7. The number of amides is 1. The van der Waals surface area contributed by atoms with Crippen LogP contribution >= 0.6 is 0 Å². The molecule has 15 heteroatoms. The number of H-pyrrole nitrogens is 3. The molecule has 0 atom stereocenters. The average molecular weight is 718 g/mol. The molecule has 0 radical (unpaired) electrons. The van der Waals surface area contributed by atoms with Crippen molar-refractivity contribution in [3.63, 3.8) is 0 Å². The van der Waals surface area contributed by atoms with E-state index in [9.17, 15) is 24.6 Å². The van der Waals surface area contributed by atoms with Crippen LogP contribution in [0.1, 0.15) is 46.8 Å². The molecule has 0 aliphatic rings. The molecule has 272 valence electrons. The fourth-order valence-electron chi connectivity index (χ4n) is 6.50. The molecule has 53 heavy (non-hydrogen) atoms. The Morgan fingerprint density at radius 3 is 2.60 bits per heavy atom. The lowest BCUT2D eigenvalue weighted by Gasteiger charge is -2.13. The molecule has 4 heterocycles. The zero-order chi connectivity index (χ0) is 37.2. The third kappa shape index (κ3) is 7.14. The van der Waals surface area contributed by atoms with Crippen molar-refractivity contribution in [2.24, 2.45) is 0 Å². The Hall–Kier alpha value is -6.61. The number of carbonyl (C=O) groups is 1. The number of rotatable bonds is 13. The third-order valence-electron chi connectivity index (χ3n) is 9.24. The van der Waals surface area contributed by atoms with Gasteiger partial charge in [0.05, 0.1) is 29.9 Å². The Morgan fingerprint density at radius 2 is 1.81 bits per heavy atom. The number of phenols is 2. The first-order valence-electron chi connectivity index (χ1n) is 17.2. The van der Waals surface area contributed by atoms with Crippen LogP contribution in [-0.2, 0) is 24.1 Å². The fraction of sp³-hybridized carbons (Fsp3) is 0.237. The van der Waals surface area contributed by atoms with Gasteiger partial charge in [0.1, 0.15) is 17.1 Å². The molecule has 15 nitrogen and oxygen atoms in total. The second kappa shape index (κ2) is 14.6. The summed E-state index contributed by atoms with van der Waals surface area (Å²) in [6, 6.07) is 17.8. The molecule has 4 aromatic heterocycles. The van der Waals surface area contributed by atoms with Gasteiger partial charge in [-0.3, -0.25) is 14.6 Å². The number of aromatic amines is 3. The van der Waals surface area contributed by atoms with E-state index >= 15 is 0 Å². The number of nitrogens with one attached hydrogen (secondary N) is 4. The molecule has 0 bridgehead atoms. The Balaban J connectivity index is 0.899. The van der Waals surface area contributed by atoms with Crippen LogP contribution in [0.2, 0.25) is 0 Å². The molecule has 0 saturated heterocycles. The SMILES string of the molecule is CC(C)c1cc(-c2n[nH]c(=O)n2-c2ccc3c(ccn3CCOCCNC(=O)c3ccc(CCc4c[nH]c5nc(N)[nH]c(=O)c45)cc3)c2)c(O)cc1O. The summed E-state index contributed by atoms with van der Waals surface area (Å²) in [5.41, 5.74) is 10.2. The number of hydrogen-bond acceptors (Lipinski definition) is 9. The smallest absolute Gasteiger partial charge is 0.348 e. The van der Waals surface area contributed by atoms with E-state index in [0.29, 0.717) is 72.6 Å². The van der Waals surface area contributed by atoms with Gasteiger partial charge in [0.25, 0.3) is 11.5 Å². The molecule has 7 rings (SSSR count). The lowest BCUT2D eigenvalue weighted by Crippen LogP contribution is -2.27. The van der Waals surface area contributed by atoms with E-state index in [2.05, 4.69) is 30.5 Å². The van der Waals surface area contributed by atoms with Gasteiger partial charge in [-0.05, 0) is 77.9 Å². The van der Waals surface area contributed by atoms with Crippen LogP contribution in [0, 0.1) is 0 Å². The van der Waals surface area contributed by atoms with E-state index in [1.807, 2.05) is 61.0 Å². The van der Waals surface area contributed by atoms with Crippen LogP contribution in [0.15, 0.2) is 82.6 Å². The predicted molar refractivity (Wildman–Crippen MR) is 201 cm³/mol. The Bertz CT molecular complexity index is 2560. The average Bonchev–Trinajstić information content (AvgIpc) is 3.85. The molecule has 3 aromatic carbocycles. The Kier molecular flexibility index (Phi) is 9.56. The van der Waals surface area contributed by atoms with Gasteiger partial charge in [-0.25, -0.2) is 14.5 Å². The van der Waals surface area contributed by atoms with E-state index in [0.717, 1.165) is 22.0 Å². The van der Waals surface area contributed by atoms with Crippen molar-refractivity contribution in [3.05, 3.63) is 116 Å². The molecular weight excluding hydrogens is 678 g/mol. The summed E-state index contributed by atoms with van der Waals surface area (Å²) in [5, 5.41) is 31.9. The van der Waals surface area contributed by atoms with E-state index < -0.39 is 5.69 Å². The Labute approximate surface area is 302 Å². The molecule has 0 aliphatic heterocycles. The van der Waals surface area contributed by atoms with E-state index in [4.69, 9.17) is 10.5 Å². The summed E-state index contributed by atoms with van der Waals surface area (Å²) in [7, 11) is 0. The standard InChI is InChI=1S/C38H39N9O6/c1-21(2)27-18-28(31(49)19-30(27)48)34-44-45-38(52)47(34)26-9-10-29-24(17-26)11-13-46(29)14-16-53-15-12-40-35(50)23-6-3-22(4-7-23)5-8-25-20-41-33-32(25)36(51)43-37(39)42-33/h3-4,6-7,9-11,13,17-21,48-49H,5,8,12,14-16H2,1-2H3,(H,40,50)(H,45,52)(H4,39,41,42,43,51). The summed E-state index contributed by atoms with van der Waals surface area (Å²) in [5.74, 6) is -0.119. The topological polar surface area (TPSA) is 222 Å². The number of benzene rings is 3. The number of phenolic OH excluding ortho intramolecular Hbond substituents is 2. The van der Waals surface area contributed by atoms with E-state index in [-0.39, 0.29) is 40.7 Å². The number of nitrogen functional groups attached to an aromatic ring is 1. The second-order valence-electron chi connectivity index (χ2n) is 13.1. The predicted octanol–water partition coefficient (Wildman–Crippen LogP) is 4.10. The number of aromatic hydroxyl groups is 2. The van der Waals surface area contributed by atoms with Crippen LogP contribution < -0.4 is 22.3 Å². The number of aromatic nitrogens is 7. The van der Waals surface area contributed by atoms with Crippen molar-refractivity contribution >= 4 is 33.8 Å². The largest absolute Gasteiger partial charge is 0.508 e. The summed E-state index contributed by atoms with van der Waals surface area (Å²) in [6.45, 7) is 5.54. The number of ether oxygens (including phenoxy) is 1. The van der Waals surface area contributed by atoms with Crippen molar-refractivity contribution in [1.82, 2.24) is 39.6 Å². The van der Waals surface area contributed by atoms with Gasteiger partial charge in [0.15, 0.2) is 5.82 Å². The van der Waals surface area contributed by atoms with E-state index in [1.54, 1.807) is 24.4 Å². The molecule has 1 amide bonds. The van der Waals surface area contributed by atoms with Crippen molar-refractivity contribution < 1.29 is 19.7 Å². The molecule has 0 aliphatic carbocycles. The maximum atomic E-state index is 12.9. The van der Waals surface area contributed by atoms with Crippen molar-refractivity contribution in [2.45, 2.75) is 39.2 Å². The Morgan fingerprint density at radius 1 is 1.00 bits per heavy atom. The highest BCUT2D eigenvalue weighted by Crippen LogP contribution is 2.37. The number of nitrogens with zero attached hydrogens (tertiary/aromatic N) is 4. The summed E-state index contributed by atoms with van der Waals surface area (Å²) in [4.78, 5) is 47.6. The normalized spacial score (nSPS) is 11.6. The maximum absolute atomic E-state index is 12.9. The van der Waals surface area contributed by atoms with Crippen LogP contribution in [-0.4, -0.2) is 70.2 Å². The second-order valence-corrected chi connectivity index (χ2v) is 13.1. The zero-order valence-electron chi connectivity index (χ0n) is 29.1. The summed E-state index contributed by atoms with van der Waals surface area (Å²) >= 11 is 0. The number of anilines is 1. The van der Waals surface area contributed by atoms with Gasteiger partial charge < -0.3 is 35.6 Å². The first kappa shape index (κ1) is 34.8. The van der Waals surface area contributed by atoms with Crippen molar-refractivity contribution in [3.8, 4) is 28.6 Å². The molecule has 7 aromatic rings. The number of aryl methyl sites for hydroxylation is 2. The highest BCUT2D eigenvalue weighted by atomic mass is 16.5. The minimum Gasteiger partial charge on any atom is -0.508 e. The molecule has 0 fully saturated rings. The van der Waals surface area contributed by atoms with Crippen molar-refractivity contribution in [2.75, 3.05) is 25.5 Å². The molecular formula is C38H39N9O6. The lowest BCUT2D eigenvalue weighted by atomic mass is 9.98. The van der Waals surface area contributed by atoms with Gasteiger partial charge in [-0.15, -0.1) is 0 Å². The first-order valence-corrected chi connectivity index (χ1v) is 17.2. The van der Waals surface area contributed by atoms with Gasteiger partial charge in [-0.1, -0.05) is 26.0 Å². The minimum absolute atomic E-state index is 0.0125. The molecule has 0 spiro atoms. The quantitative estimate of drug-likeness (QED) is 0.0853. The van der Waals surface area contributed by atoms with E-state index in [1.165, 1.54) is 10.6 Å².